The van der Waals surface area contributed by atoms with Gasteiger partial charge in [-0.3, -0.25) is 0 Å². The lowest BCUT2D eigenvalue weighted by atomic mass is 9.51. The lowest BCUT2D eigenvalue weighted by Gasteiger charge is -2.54. The van der Waals surface area contributed by atoms with Crippen molar-refractivity contribution in [1.82, 2.24) is 0 Å². The van der Waals surface area contributed by atoms with E-state index in [1.54, 1.807) is 0 Å². The second-order valence-corrected chi connectivity index (χ2v) is 11.1. The van der Waals surface area contributed by atoms with Crippen LogP contribution in [0.3, 0.4) is 0 Å². The fraction of sp³-hybridized carbons (Fsp3) is 1.00. The summed E-state index contributed by atoms with van der Waals surface area (Å²) in [6.45, 7) is 34.6. The standard InChI is InChI=1S/C25H52/c1-15-17(4)22(9)24(11,12)25(13,14)23(10)21(8)20(7)19(6)18(5)16(2)3/h16-23H,15H2,1-14H3/t17-,18+,19+,20+,21+,22-,23+/m0/s1. The van der Waals surface area contributed by atoms with Crippen molar-refractivity contribution < 1.29 is 0 Å². The van der Waals surface area contributed by atoms with Crippen LogP contribution in [0.4, 0.5) is 0 Å². The van der Waals surface area contributed by atoms with Gasteiger partial charge in [0.05, 0.1) is 0 Å². The molecular formula is C25H52. The second kappa shape index (κ2) is 9.27. The molecule has 0 heterocycles. The van der Waals surface area contributed by atoms with Gasteiger partial charge in [-0.2, -0.15) is 0 Å². The average molecular weight is 353 g/mol. The van der Waals surface area contributed by atoms with Crippen LogP contribution in [0.5, 0.6) is 0 Å². The molecule has 0 saturated carbocycles. The van der Waals surface area contributed by atoms with Crippen molar-refractivity contribution >= 4 is 0 Å². The molecule has 0 aliphatic heterocycles. The van der Waals surface area contributed by atoms with Crippen LogP contribution in [0.25, 0.3) is 0 Å². The quantitative estimate of drug-likeness (QED) is 0.369. The third-order valence-corrected chi connectivity index (χ3v) is 9.76. The summed E-state index contributed by atoms with van der Waals surface area (Å²) in [6.07, 6.45) is 1.28. The van der Waals surface area contributed by atoms with Gasteiger partial charge >= 0.3 is 0 Å². The molecule has 0 saturated heterocycles. The van der Waals surface area contributed by atoms with E-state index in [9.17, 15) is 0 Å². The van der Waals surface area contributed by atoms with E-state index in [-0.39, 0.29) is 0 Å². The molecule has 0 aromatic heterocycles. The van der Waals surface area contributed by atoms with Crippen molar-refractivity contribution in [3.8, 4) is 0 Å². The van der Waals surface area contributed by atoms with Gasteiger partial charge in [0.15, 0.2) is 0 Å². The van der Waals surface area contributed by atoms with Gasteiger partial charge in [0, 0.05) is 0 Å². The zero-order chi connectivity index (χ0) is 20.3. The third kappa shape index (κ3) is 5.26. The fourth-order valence-electron chi connectivity index (χ4n) is 4.92. The van der Waals surface area contributed by atoms with Crippen molar-refractivity contribution in [2.24, 2.45) is 58.2 Å². The van der Waals surface area contributed by atoms with Crippen LogP contribution in [0.15, 0.2) is 0 Å². The van der Waals surface area contributed by atoms with Crippen molar-refractivity contribution in [3.05, 3.63) is 0 Å². The average Bonchev–Trinajstić information content (AvgIpc) is 2.56. The third-order valence-electron chi connectivity index (χ3n) is 9.76. The molecule has 0 N–H and O–H groups in total. The van der Waals surface area contributed by atoms with Gasteiger partial charge in [-0.1, -0.05) is 103 Å². The van der Waals surface area contributed by atoms with Gasteiger partial charge in [0.1, 0.15) is 0 Å². The summed E-state index contributed by atoms with van der Waals surface area (Å²) >= 11 is 0. The molecule has 0 aliphatic rings. The molecule has 0 nitrogen and oxygen atoms in total. The van der Waals surface area contributed by atoms with E-state index in [4.69, 9.17) is 0 Å². The summed E-state index contributed by atoms with van der Waals surface area (Å²) in [6, 6.07) is 0. The summed E-state index contributed by atoms with van der Waals surface area (Å²) < 4.78 is 0. The Morgan fingerprint density at radius 1 is 0.520 bits per heavy atom. The highest BCUT2D eigenvalue weighted by molar-refractivity contribution is 4.96. The van der Waals surface area contributed by atoms with Crippen LogP contribution in [0, 0.1) is 58.2 Å². The van der Waals surface area contributed by atoms with Crippen LogP contribution in [0.2, 0.25) is 0 Å². The second-order valence-electron chi connectivity index (χ2n) is 11.1. The molecule has 0 aliphatic carbocycles. The van der Waals surface area contributed by atoms with Crippen LogP contribution >= 0.6 is 0 Å². The Bertz CT molecular complexity index is 375. The predicted molar refractivity (Wildman–Crippen MR) is 117 cm³/mol. The van der Waals surface area contributed by atoms with Crippen molar-refractivity contribution in [3.63, 3.8) is 0 Å². The number of rotatable bonds is 10. The van der Waals surface area contributed by atoms with Gasteiger partial charge in [0.25, 0.3) is 0 Å². The summed E-state index contributed by atoms with van der Waals surface area (Å²) in [7, 11) is 0. The Balaban J connectivity index is 5.43. The zero-order valence-electron chi connectivity index (χ0n) is 20.3. The molecule has 0 bridgehead atoms. The molecule has 0 aromatic rings. The Morgan fingerprint density at radius 3 is 1.24 bits per heavy atom. The molecule has 0 aromatic carbocycles. The maximum atomic E-state index is 2.54. The predicted octanol–water partition coefficient (Wildman–Crippen LogP) is 8.56. The normalized spacial score (nSPS) is 22.2. The minimum atomic E-state index is 0.324. The Kier molecular flexibility index (Phi) is 9.27. The lowest BCUT2D eigenvalue weighted by Crippen LogP contribution is -2.47. The minimum absolute atomic E-state index is 0.324. The van der Waals surface area contributed by atoms with Gasteiger partial charge in [0.2, 0.25) is 0 Å². The highest BCUT2D eigenvalue weighted by Gasteiger charge is 2.47. The van der Waals surface area contributed by atoms with E-state index in [0.717, 1.165) is 41.4 Å². The molecule has 7 atom stereocenters. The first kappa shape index (κ1) is 25.0. The van der Waals surface area contributed by atoms with Gasteiger partial charge in [-0.25, -0.2) is 0 Å². The maximum Gasteiger partial charge on any atom is -0.0272 e. The van der Waals surface area contributed by atoms with Crippen molar-refractivity contribution in [1.29, 1.82) is 0 Å². The molecule has 0 radical (unpaired) electrons. The van der Waals surface area contributed by atoms with E-state index < -0.39 is 0 Å². The van der Waals surface area contributed by atoms with E-state index in [1.807, 2.05) is 0 Å². The SMILES string of the molecule is CC[C@H](C)[C@H](C)C(C)(C)C(C)(C)[C@H](C)[C@H](C)[C@H](C)[C@H](C)[C@H](C)C(C)C. The molecule has 0 unspecified atom stereocenters. The van der Waals surface area contributed by atoms with E-state index >= 15 is 0 Å². The molecule has 25 heavy (non-hydrogen) atoms. The Morgan fingerprint density at radius 2 is 0.880 bits per heavy atom. The van der Waals surface area contributed by atoms with Crippen molar-refractivity contribution in [2.45, 2.75) is 103 Å². The maximum absolute atomic E-state index is 2.54. The molecule has 152 valence electrons. The smallest absolute Gasteiger partial charge is 0.0272 e. The summed E-state index contributed by atoms with van der Waals surface area (Å²) in [4.78, 5) is 0. The molecule has 0 rings (SSSR count). The van der Waals surface area contributed by atoms with Crippen LogP contribution in [-0.2, 0) is 0 Å². The summed E-state index contributed by atoms with van der Waals surface area (Å²) in [5.41, 5.74) is 0.660. The number of hydrogen-bond donors (Lipinski definition) is 0. The highest BCUT2D eigenvalue weighted by Crippen LogP contribution is 2.54. The Labute approximate surface area is 161 Å². The van der Waals surface area contributed by atoms with E-state index in [2.05, 4.69) is 96.9 Å². The molecule has 0 amide bonds. The number of hydrogen-bond acceptors (Lipinski definition) is 0. The first-order chi connectivity index (χ1) is 11.1. The fourth-order valence-corrected chi connectivity index (χ4v) is 4.92. The molecule has 0 heteroatoms. The Hall–Kier alpha value is 0. The van der Waals surface area contributed by atoms with Gasteiger partial charge in [-0.05, 0) is 58.2 Å². The largest absolute Gasteiger partial charge is 0.0651 e. The topological polar surface area (TPSA) is 0 Å². The zero-order valence-corrected chi connectivity index (χ0v) is 20.3. The molecule has 0 spiro atoms. The first-order valence-corrected chi connectivity index (χ1v) is 11.1. The minimum Gasteiger partial charge on any atom is -0.0651 e. The van der Waals surface area contributed by atoms with E-state index in [0.29, 0.717) is 16.7 Å². The summed E-state index contributed by atoms with van der Waals surface area (Å²) in [5.74, 6) is 6.10. The van der Waals surface area contributed by atoms with Crippen LogP contribution in [-0.4, -0.2) is 0 Å². The monoisotopic (exact) mass is 352 g/mol. The lowest BCUT2D eigenvalue weighted by molar-refractivity contribution is -0.0512. The summed E-state index contributed by atoms with van der Waals surface area (Å²) in [5, 5.41) is 0. The molecule has 0 fully saturated rings. The van der Waals surface area contributed by atoms with Crippen LogP contribution < -0.4 is 0 Å². The van der Waals surface area contributed by atoms with Crippen LogP contribution in [0.1, 0.15) is 103 Å². The first-order valence-electron chi connectivity index (χ1n) is 11.1. The van der Waals surface area contributed by atoms with Gasteiger partial charge < -0.3 is 0 Å². The van der Waals surface area contributed by atoms with E-state index in [1.165, 1.54) is 6.42 Å². The van der Waals surface area contributed by atoms with Gasteiger partial charge in [-0.15, -0.1) is 0 Å². The molecular weight excluding hydrogens is 300 g/mol. The highest BCUT2D eigenvalue weighted by atomic mass is 14.5. The van der Waals surface area contributed by atoms with Crippen molar-refractivity contribution in [2.75, 3.05) is 0 Å².